The highest BCUT2D eigenvalue weighted by Crippen LogP contribution is 2.65. The zero-order chi connectivity index (χ0) is 25.8. The molecule has 1 N–H and O–H groups in total. The largest absolute Gasteiger partial charge is 0.395 e. The summed E-state index contributed by atoms with van der Waals surface area (Å²) < 4.78 is -1.49. The Balaban J connectivity index is 1.64. The minimum absolute atomic E-state index is 0.0202. The number of hydrogen-bond donors (Lipinski definition) is 1. The summed E-state index contributed by atoms with van der Waals surface area (Å²) in [5, 5.41) is 9.88. The smallest absolute Gasteiger partial charge is 0.251 e. The summed E-state index contributed by atoms with van der Waals surface area (Å²) in [7, 11) is 0. The number of nitrogens with zero attached hydrogens (tertiary/aromatic N) is 3. The van der Waals surface area contributed by atoms with Gasteiger partial charge in [0.15, 0.2) is 0 Å². The van der Waals surface area contributed by atoms with Gasteiger partial charge < -0.3 is 19.8 Å². The molecule has 4 aliphatic heterocycles. The zero-order valence-corrected chi connectivity index (χ0v) is 22.3. The highest BCUT2D eigenvalue weighted by atomic mass is 32.2. The quantitative estimate of drug-likeness (QED) is 0.618. The molecule has 2 fully saturated rings. The SMILES string of the molecule is CCCN1CC=C[C@@]2(C)S[C@]34C=CCN(c5cc(C)ccc5C)C(=O)C3N(CCO)C(=O)[C@@H]4[C@H]2C1=O. The number of aliphatic hydroxyl groups is 1. The molecular formula is C28H35N3O4S. The van der Waals surface area contributed by atoms with Gasteiger partial charge in [-0.1, -0.05) is 43.4 Å². The molecule has 0 aromatic heterocycles. The first kappa shape index (κ1) is 25.1. The second-order valence-electron chi connectivity index (χ2n) is 10.6. The van der Waals surface area contributed by atoms with Crippen molar-refractivity contribution in [2.24, 2.45) is 11.8 Å². The van der Waals surface area contributed by atoms with Crippen LogP contribution in [0.3, 0.4) is 0 Å². The van der Waals surface area contributed by atoms with E-state index in [1.54, 1.807) is 21.6 Å². The van der Waals surface area contributed by atoms with Crippen molar-refractivity contribution in [3.8, 4) is 0 Å². The predicted molar refractivity (Wildman–Crippen MR) is 142 cm³/mol. The Morgan fingerprint density at radius 3 is 2.47 bits per heavy atom. The molecule has 4 aliphatic rings. The number of likely N-dealkylation sites (tertiary alicyclic amines) is 1. The van der Waals surface area contributed by atoms with E-state index >= 15 is 0 Å². The van der Waals surface area contributed by atoms with E-state index < -0.39 is 27.4 Å². The van der Waals surface area contributed by atoms with E-state index in [2.05, 4.69) is 6.08 Å². The third-order valence-electron chi connectivity index (χ3n) is 8.13. The van der Waals surface area contributed by atoms with Crippen LogP contribution < -0.4 is 4.90 Å². The predicted octanol–water partition coefficient (Wildman–Crippen LogP) is 2.69. The van der Waals surface area contributed by atoms with Gasteiger partial charge in [-0.05, 0) is 44.4 Å². The van der Waals surface area contributed by atoms with Crippen molar-refractivity contribution in [3.63, 3.8) is 0 Å². The van der Waals surface area contributed by atoms with Crippen molar-refractivity contribution in [1.82, 2.24) is 9.80 Å². The first-order chi connectivity index (χ1) is 17.2. The van der Waals surface area contributed by atoms with Crippen LogP contribution in [-0.2, 0) is 14.4 Å². The van der Waals surface area contributed by atoms with Gasteiger partial charge in [0.2, 0.25) is 11.8 Å². The monoisotopic (exact) mass is 509 g/mol. The Hall–Kier alpha value is -2.58. The van der Waals surface area contributed by atoms with Gasteiger partial charge >= 0.3 is 0 Å². The molecule has 1 aromatic rings. The van der Waals surface area contributed by atoms with Gasteiger partial charge in [-0.25, -0.2) is 0 Å². The van der Waals surface area contributed by atoms with Crippen LogP contribution in [0, 0.1) is 25.7 Å². The lowest BCUT2D eigenvalue weighted by Crippen LogP contribution is -2.54. The number of carbonyl (C=O) groups is 3. The number of benzene rings is 1. The Morgan fingerprint density at radius 2 is 1.75 bits per heavy atom. The fourth-order valence-corrected chi connectivity index (χ4v) is 8.77. The van der Waals surface area contributed by atoms with Gasteiger partial charge in [0, 0.05) is 36.6 Å². The highest BCUT2D eigenvalue weighted by Gasteiger charge is 2.73. The van der Waals surface area contributed by atoms with Crippen molar-refractivity contribution >= 4 is 35.2 Å². The molecule has 0 saturated carbocycles. The number of rotatable bonds is 5. The Kier molecular flexibility index (Phi) is 6.32. The number of β-amino-alcohol motifs (C(OH)–C–C–N with tert-alkyl or cyclic N) is 1. The molecule has 2 saturated heterocycles. The second-order valence-corrected chi connectivity index (χ2v) is 12.4. The van der Waals surface area contributed by atoms with Crippen molar-refractivity contribution in [3.05, 3.63) is 53.6 Å². The van der Waals surface area contributed by atoms with E-state index in [4.69, 9.17) is 0 Å². The fourth-order valence-electron chi connectivity index (χ4n) is 6.62. The molecule has 4 heterocycles. The molecule has 0 aliphatic carbocycles. The number of amides is 3. The molecular weight excluding hydrogens is 474 g/mol. The molecule has 5 rings (SSSR count). The number of thioether (sulfide) groups is 1. The van der Waals surface area contributed by atoms with Crippen LogP contribution in [0.1, 0.15) is 31.4 Å². The highest BCUT2D eigenvalue weighted by molar-refractivity contribution is 8.02. The van der Waals surface area contributed by atoms with Crippen LogP contribution in [-0.4, -0.2) is 80.9 Å². The van der Waals surface area contributed by atoms with E-state index in [0.29, 0.717) is 19.6 Å². The number of carbonyl (C=O) groups excluding carboxylic acids is 3. The summed E-state index contributed by atoms with van der Waals surface area (Å²) in [6.07, 6.45) is 8.96. The molecule has 3 amide bonds. The van der Waals surface area contributed by atoms with Gasteiger partial charge in [0.25, 0.3) is 5.91 Å². The van der Waals surface area contributed by atoms with Crippen LogP contribution in [0.15, 0.2) is 42.5 Å². The molecule has 5 atom stereocenters. The number of anilines is 1. The van der Waals surface area contributed by atoms with Gasteiger partial charge in [-0.3, -0.25) is 14.4 Å². The van der Waals surface area contributed by atoms with E-state index in [0.717, 1.165) is 23.2 Å². The molecule has 192 valence electrons. The van der Waals surface area contributed by atoms with E-state index in [9.17, 15) is 19.5 Å². The average Bonchev–Trinajstić information content (AvgIpc) is 3.09. The third-order valence-corrected chi connectivity index (χ3v) is 9.93. The van der Waals surface area contributed by atoms with E-state index in [1.165, 1.54) is 0 Å². The molecule has 36 heavy (non-hydrogen) atoms. The second kappa shape index (κ2) is 9.06. The van der Waals surface area contributed by atoms with Gasteiger partial charge in [0.05, 0.1) is 23.2 Å². The maximum atomic E-state index is 14.4. The molecule has 0 radical (unpaired) electrons. The van der Waals surface area contributed by atoms with Gasteiger partial charge in [-0.15, -0.1) is 11.8 Å². The number of aryl methyl sites for hydroxylation is 2. The maximum absolute atomic E-state index is 14.4. The summed E-state index contributed by atoms with van der Waals surface area (Å²) >= 11 is 1.58. The van der Waals surface area contributed by atoms with Crippen LogP contribution >= 0.6 is 11.8 Å². The molecule has 1 unspecified atom stereocenters. The number of aliphatic hydroxyl groups excluding tert-OH is 1. The van der Waals surface area contributed by atoms with Crippen LogP contribution in [0.5, 0.6) is 0 Å². The van der Waals surface area contributed by atoms with Crippen LogP contribution in [0.4, 0.5) is 5.69 Å². The lowest BCUT2D eigenvalue weighted by molar-refractivity contribution is -0.143. The van der Waals surface area contributed by atoms with Crippen LogP contribution in [0.25, 0.3) is 0 Å². The van der Waals surface area contributed by atoms with Crippen molar-refractivity contribution in [2.45, 2.75) is 49.7 Å². The van der Waals surface area contributed by atoms with E-state index in [-0.39, 0.29) is 30.9 Å². The Bertz CT molecular complexity index is 1170. The molecule has 8 heteroatoms. The summed E-state index contributed by atoms with van der Waals surface area (Å²) in [5.41, 5.74) is 2.86. The molecule has 0 bridgehead atoms. The molecule has 7 nitrogen and oxygen atoms in total. The normalized spacial score (nSPS) is 33.5. The van der Waals surface area contributed by atoms with Crippen molar-refractivity contribution < 1.29 is 19.5 Å². The molecule has 1 aromatic carbocycles. The van der Waals surface area contributed by atoms with Crippen molar-refractivity contribution in [2.75, 3.05) is 37.7 Å². The summed E-state index contributed by atoms with van der Waals surface area (Å²) in [6, 6.07) is 5.24. The van der Waals surface area contributed by atoms with Crippen LogP contribution in [0.2, 0.25) is 0 Å². The Labute approximate surface area is 217 Å². The Morgan fingerprint density at radius 1 is 1.00 bits per heavy atom. The fraction of sp³-hybridized carbons (Fsp3) is 0.536. The van der Waals surface area contributed by atoms with E-state index in [1.807, 2.05) is 69.0 Å². The third kappa shape index (κ3) is 3.56. The first-order valence-corrected chi connectivity index (χ1v) is 13.6. The maximum Gasteiger partial charge on any atom is 0.251 e. The average molecular weight is 510 g/mol. The minimum atomic E-state index is -0.884. The summed E-state index contributed by atoms with van der Waals surface area (Å²) in [6.45, 7) is 9.43. The standard InChI is InChI=1S/C28H35N3O4S/c1-5-12-29-13-6-10-27(4)21(24(29)33)22-25(34)31(15-16-32)23-26(35)30(14-7-11-28(22,23)36-27)20-17-18(2)8-9-19(20)3/h6-11,17,21-23,32H,5,12-16H2,1-4H3/t21-,22-,23?,27+,28-/m0/s1. The lowest BCUT2D eigenvalue weighted by atomic mass is 9.74. The van der Waals surface area contributed by atoms with Gasteiger partial charge in [0.1, 0.15) is 6.04 Å². The lowest BCUT2D eigenvalue weighted by Gasteiger charge is -2.37. The summed E-state index contributed by atoms with van der Waals surface area (Å²) in [4.78, 5) is 47.5. The van der Waals surface area contributed by atoms with Crippen molar-refractivity contribution in [1.29, 1.82) is 0 Å². The van der Waals surface area contributed by atoms with Gasteiger partial charge in [-0.2, -0.15) is 0 Å². The minimum Gasteiger partial charge on any atom is -0.395 e. The number of fused-ring (bicyclic) bond motifs is 2. The summed E-state index contributed by atoms with van der Waals surface area (Å²) in [5.74, 6) is -1.63. The zero-order valence-electron chi connectivity index (χ0n) is 21.4. The molecule has 1 spiro atoms. The number of hydrogen-bond acceptors (Lipinski definition) is 5. The first-order valence-electron chi connectivity index (χ1n) is 12.8. The topological polar surface area (TPSA) is 81.2 Å².